The number of hydrogen-bond acceptors (Lipinski definition) is 3. The molecule has 0 saturated heterocycles. The lowest BCUT2D eigenvalue weighted by Gasteiger charge is -2.32. The Hall–Kier alpha value is -0.950. The zero-order valence-electron chi connectivity index (χ0n) is 13.0. The summed E-state index contributed by atoms with van der Waals surface area (Å²) in [5.74, 6) is 0. The first kappa shape index (κ1) is 18.1. The van der Waals surface area contributed by atoms with Gasteiger partial charge in [0, 0.05) is 13.1 Å². The van der Waals surface area contributed by atoms with Crippen molar-refractivity contribution >= 4 is 10.2 Å². The topological polar surface area (TPSA) is 69.6 Å². The van der Waals surface area contributed by atoms with Crippen LogP contribution in [-0.4, -0.2) is 37.5 Å². The van der Waals surface area contributed by atoms with Gasteiger partial charge in [-0.3, -0.25) is 0 Å². The number of nitrogens with zero attached hydrogens (tertiary/aromatic N) is 1. The van der Waals surface area contributed by atoms with Gasteiger partial charge in [-0.1, -0.05) is 44.2 Å². The minimum Gasteiger partial charge on any atom is -0.394 e. The molecule has 1 aromatic carbocycles. The van der Waals surface area contributed by atoms with Gasteiger partial charge >= 0.3 is 0 Å². The number of rotatable bonds is 9. The predicted octanol–water partition coefficient (Wildman–Crippen LogP) is 1.85. The Morgan fingerprint density at radius 2 is 1.67 bits per heavy atom. The van der Waals surface area contributed by atoms with Crippen molar-refractivity contribution in [2.75, 3.05) is 19.7 Å². The Bertz CT molecular complexity index is 513. The smallest absolute Gasteiger partial charge is 0.280 e. The molecule has 1 unspecified atom stereocenters. The molecule has 0 aromatic heterocycles. The van der Waals surface area contributed by atoms with Gasteiger partial charge < -0.3 is 5.11 Å². The quantitative estimate of drug-likeness (QED) is 0.731. The van der Waals surface area contributed by atoms with Gasteiger partial charge in [-0.2, -0.15) is 17.4 Å². The van der Waals surface area contributed by atoms with Crippen molar-refractivity contribution in [3.8, 4) is 0 Å². The highest BCUT2D eigenvalue weighted by molar-refractivity contribution is 7.87. The summed E-state index contributed by atoms with van der Waals surface area (Å²) in [6.45, 7) is 6.22. The van der Waals surface area contributed by atoms with Crippen LogP contribution in [0.2, 0.25) is 0 Å². The second kappa shape index (κ2) is 7.89. The molecular formula is C15H26N2O3S. The van der Waals surface area contributed by atoms with E-state index in [4.69, 9.17) is 0 Å². The maximum atomic E-state index is 12.6. The molecule has 120 valence electrons. The third-order valence-electron chi connectivity index (χ3n) is 3.37. The molecule has 0 heterocycles. The lowest BCUT2D eigenvalue weighted by molar-refractivity contribution is 0.193. The Morgan fingerprint density at radius 3 is 2.10 bits per heavy atom. The maximum absolute atomic E-state index is 12.6. The van der Waals surface area contributed by atoms with Crippen LogP contribution in [0.5, 0.6) is 0 Å². The van der Waals surface area contributed by atoms with Crippen LogP contribution in [-0.2, 0) is 15.7 Å². The summed E-state index contributed by atoms with van der Waals surface area (Å²) in [6.07, 6.45) is 1.50. The zero-order chi connectivity index (χ0) is 15.9. The summed E-state index contributed by atoms with van der Waals surface area (Å²) < 4.78 is 29.2. The van der Waals surface area contributed by atoms with E-state index in [9.17, 15) is 13.5 Å². The zero-order valence-corrected chi connectivity index (χ0v) is 13.9. The van der Waals surface area contributed by atoms with Gasteiger partial charge in [-0.05, 0) is 25.3 Å². The highest BCUT2D eigenvalue weighted by Gasteiger charge is 2.33. The molecule has 0 aliphatic carbocycles. The van der Waals surface area contributed by atoms with Gasteiger partial charge in [-0.25, -0.2) is 0 Å². The average Bonchev–Trinajstić information content (AvgIpc) is 2.47. The number of hydrogen-bond donors (Lipinski definition) is 2. The molecule has 0 bridgehead atoms. The minimum absolute atomic E-state index is 0.303. The van der Waals surface area contributed by atoms with Crippen LogP contribution in [0.3, 0.4) is 0 Å². The molecule has 2 N–H and O–H groups in total. The Labute approximate surface area is 128 Å². The van der Waals surface area contributed by atoms with Crippen LogP contribution in [0.4, 0.5) is 0 Å². The SMILES string of the molecule is CCCN(CCC)S(=O)(=O)NC(C)(CO)c1ccccc1. The van der Waals surface area contributed by atoms with Crippen LogP contribution in [0.25, 0.3) is 0 Å². The molecule has 0 spiro atoms. The first-order valence-corrected chi connectivity index (χ1v) is 8.79. The number of aliphatic hydroxyl groups is 1. The van der Waals surface area contributed by atoms with Crippen LogP contribution in [0.15, 0.2) is 30.3 Å². The van der Waals surface area contributed by atoms with Crippen molar-refractivity contribution in [1.29, 1.82) is 0 Å². The first-order chi connectivity index (χ1) is 9.89. The van der Waals surface area contributed by atoms with Gasteiger partial charge in [0.25, 0.3) is 10.2 Å². The Balaban J connectivity index is 3.03. The van der Waals surface area contributed by atoms with Crippen LogP contribution in [0.1, 0.15) is 39.2 Å². The summed E-state index contributed by atoms with van der Waals surface area (Å²) in [6, 6.07) is 9.13. The maximum Gasteiger partial charge on any atom is 0.280 e. The molecule has 0 aliphatic rings. The lowest BCUT2D eigenvalue weighted by Crippen LogP contribution is -2.52. The molecule has 0 fully saturated rings. The van der Waals surface area contributed by atoms with Crippen molar-refractivity contribution < 1.29 is 13.5 Å². The highest BCUT2D eigenvalue weighted by atomic mass is 32.2. The number of aliphatic hydroxyl groups excluding tert-OH is 1. The van der Waals surface area contributed by atoms with E-state index in [1.165, 1.54) is 4.31 Å². The Morgan fingerprint density at radius 1 is 1.14 bits per heavy atom. The molecular weight excluding hydrogens is 288 g/mol. The summed E-state index contributed by atoms with van der Waals surface area (Å²) in [5.41, 5.74) is -0.288. The van der Waals surface area contributed by atoms with Gasteiger partial charge in [0.05, 0.1) is 12.1 Å². The predicted molar refractivity (Wildman–Crippen MR) is 85.1 cm³/mol. The highest BCUT2D eigenvalue weighted by Crippen LogP contribution is 2.22. The second-order valence-corrected chi connectivity index (χ2v) is 7.03. The number of nitrogens with one attached hydrogen (secondary N) is 1. The monoisotopic (exact) mass is 314 g/mol. The third kappa shape index (κ3) is 4.78. The van der Waals surface area contributed by atoms with E-state index in [-0.39, 0.29) is 6.61 Å². The molecule has 5 nitrogen and oxygen atoms in total. The third-order valence-corrected chi connectivity index (χ3v) is 5.12. The van der Waals surface area contributed by atoms with Crippen LogP contribution in [0, 0.1) is 0 Å². The number of benzene rings is 1. The van der Waals surface area contributed by atoms with Gasteiger partial charge in [0.2, 0.25) is 0 Å². The van der Waals surface area contributed by atoms with E-state index in [1.807, 2.05) is 44.2 Å². The van der Waals surface area contributed by atoms with E-state index in [1.54, 1.807) is 6.92 Å². The fourth-order valence-electron chi connectivity index (χ4n) is 2.19. The first-order valence-electron chi connectivity index (χ1n) is 7.35. The van der Waals surface area contributed by atoms with Gasteiger partial charge in [0.15, 0.2) is 0 Å². The van der Waals surface area contributed by atoms with E-state index >= 15 is 0 Å². The van der Waals surface area contributed by atoms with Crippen molar-refractivity contribution in [3.63, 3.8) is 0 Å². The van der Waals surface area contributed by atoms with Crippen molar-refractivity contribution in [1.82, 2.24) is 9.03 Å². The fraction of sp³-hybridized carbons (Fsp3) is 0.600. The summed E-state index contributed by atoms with van der Waals surface area (Å²) >= 11 is 0. The average molecular weight is 314 g/mol. The molecule has 0 saturated carbocycles. The Kier molecular flexibility index (Phi) is 6.80. The molecule has 1 atom stereocenters. The summed E-state index contributed by atoms with van der Waals surface area (Å²) in [7, 11) is -3.64. The second-order valence-electron chi connectivity index (χ2n) is 5.36. The molecule has 0 radical (unpaired) electrons. The molecule has 0 aliphatic heterocycles. The van der Waals surface area contributed by atoms with E-state index in [0.717, 1.165) is 18.4 Å². The fourth-order valence-corrected chi connectivity index (χ4v) is 3.92. The molecule has 0 amide bonds. The lowest BCUT2D eigenvalue weighted by atomic mass is 9.94. The van der Waals surface area contributed by atoms with E-state index in [0.29, 0.717) is 13.1 Å². The van der Waals surface area contributed by atoms with E-state index < -0.39 is 15.7 Å². The molecule has 21 heavy (non-hydrogen) atoms. The molecule has 1 rings (SSSR count). The van der Waals surface area contributed by atoms with E-state index in [2.05, 4.69) is 4.72 Å². The molecule has 6 heteroatoms. The standard InChI is InChI=1S/C15H26N2O3S/c1-4-11-17(12-5-2)21(19,20)16-15(3,13-18)14-9-7-6-8-10-14/h6-10,16,18H,4-5,11-13H2,1-3H3. The van der Waals surface area contributed by atoms with Crippen LogP contribution >= 0.6 is 0 Å². The van der Waals surface area contributed by atoms with Crippen LogP contribution < -0.4 is 4.72 Å². The van der Waals surface area contributed by atoms with Crippen molar-refractivity contribution in [2.45, 2.75) is 39.2 Å². The normalized spacial score (nSPS) is 15.1. The largest absolute Gasteiger partial charge is 0.394 e. The van der Waals surface area contributed by atoms with Crippen molar-refractivity contribution in [2.24, 2.45) is 0 Å². The van der Waals surface area contributed by atoms with Gasteiger partial charge in [0.1, 0.15) is 0 Å². The van der Waals surface area contributed by atoms with Crippen molar-refractivity contribution in [3.05, 3.63) is 35.9 Å². The van der Waals surface area contributed by atoms with Gasteiger partial charge in [-0.15, -0.1) is 0 Å². The molecule has 1 aromatic rings. The summed E-state index contributed by atoms with van der Waals surface area (Å²) in [5, 5.41) is 9.70. The summed E-state index contributed by atoms with van der Waals surface area (Å²) in [4.78, 5) is 0. The minimum atomic E-state index is -3.64.